The Morgan fingerprint density at radius 3 is 2.69 bits per heavy atom. The van der Waals surface area contributed by atoms with Crippen LogP contribution in [0.25, 0.3) is 22.0 Å². The molecular formula is C33H32ClN3O2. The summed E-state index contributed by atoms with van der Waals surface area (Å²) in [6.07, 6.45) is 8.80. The molecule has 1 saturated heterocycles. The van der Waals surface area contributed by atoms with E-state index in [-0.39, 0.29) is 6.61 Å². The second-order valence-corrected chi connectivity index (χ2v) is 11.4. The molecule has 4 aromatic rings. The van der Waals surface area contributed by atoms with E-state index in [0.29, 0.717) is 23.7 Å². The third kappa shape index (κ3) is 4.80. The van der Waals surface area contributed by atoms with Crippen LogP contribution in [0, 0.1) is 0 Å². The summed E-state index contributed by atoms with van der Waals surface area (Å²) in [6.45, 7) is 2.72. The first-order valence-corrected chi connectivity index (χ1v) is 14.2. The summed E-state index contributed by atoms with van der Waals surface area (Å²) in [6, 6.07) is 23.9. The Hall–Kier alpha value is -3.38. The number of rotatable bonds is 6. The zero-order valence-electron chi connectivity index (χ0n) is 21.8. The smallest absolute Gasteiger partial charge is 0.130 e. The largest absolute Gasteiger partial charge is 0.490 e. The molecule has 0 radical (unpaired) electrons. The average molecular weight is 538 g/mol. The molecule has 1 N–H and O–H groups in total. The van der Waals surface area contributed by atoms with Crippen molar-refractivity contribution in [3.63, 3.8) is 0 Å². The Kier molecular flexibility index (Phi) is 6.51. The van der Waals surface area contributed by atoms with Gasteiger partial charge < -0.3 is 14.7 Å². The fourth-order valence-electron chi connectivity index (χ4n) is 6.52. The Morgan fingerprint density at radius 2 is 1.77 bits per heavy atom. The fraction of sp³-hybridized carbons (Fsp3) is 0.303. The number of aliphatic hydroxyl groups excluding tert-OH is 1. The molecule has 2 unspecified atom stereocenters. The molecule has 4 heterocycles. The number of ether oxygens (including phenoxy) is 1. The maximum Gasteiger partial charge on any atom is 0.130 e. The molecule has 0 spiro atoms. The number of aliphatic hydroxyl groups is 1. The van der Waals surface area contributed by atoms with Gasteiger partial charge >= 0.3 is 0 Å². The van der Waals surface area contributed by atoms with Crippen LogP contribution in [0.4, 0.5) is 5.69 Å². The first-order chi connectivity index (χ1) is 19.1. The van der Waals surface area contributed by atoms with Gasteiger partial charge in [0.2, 0.25) is 0 Å². The van der Waals surface area contributed by atoms with E-state index in [4.69, 9.17) is 16.3 Å². The average Bonchev–Trinajstić information content (AvgIpc) is 3.30. The van der Waals surface area contributed by atoms with Gasteiger partial charge in [-0.25, -0.2) is 0 Å². The van der Waals surface area contributed by atoms with E-state index in [2.05, 4.69) is 69.4 Å². The molecule has 3 aliphatic heterocycles. The number of fused-ring (bicyclic) bond motifs is 8. The molecule has 4 aliphatic rings. The fourth-order valence-corrected chi connectivity index (χ4v) is 6.69. The number of benzene rings is 3. The van der Waals surface area contributed by atoms with Gasteiger partial charge in [0, 0.05) is 54.0 Å². The maximum atomic E-state index is 11.0. The van der Waals surface area contributed by atoms with E-state index in [1.54, 1.807) is 6.20 Å². The molecule has 5 nitrogen and oxygen atoms in total. The van der Waals surface area contributed by atoms with Gasteiger partial charge in [-0.2, -0.15) is 0 Å². The van der Waals surface area contributed by atoms with Gasteiger partial charge in [0.05, 0.1) is 5.52 Å². The van der Waals surface area contributed by atoms with Gasteiger partial charge in [-0.05, 0) is 77.9 Å². The van der Waals surface area contributed by atoms with Crippen LogP contribution in [0.1, 0.15) is 24.0 Å². The van der Waals surface area contributed by atoms with Gasteiger partial charge in [-0.15, -0.1) is 0 Å². The molecule has 1 fully saturated rings. The van der Waals surface area contributed by atoms with Crippen molar-refractivity contribution in [3.05, 3.63) is 101 Å². The lowest BCUT2D eigenvalue weighted by atomic mass is 9.95. The lowest BCUT2D eigenvalue weighted by Gasteiger charge is -2.49. The van der Waals surface area contributed by atoms with Crippen molar-refractivity contribution in [2.24, 2.45) is 0 Å². The number of pyridine rings is 1. The van der Waals surface area contributed by atoms with E-state index in [9.17, 15) is 5.11 Å². The minimum Gasteiger partial charge on any atom is -0.490 e. The van der Waals surface area contributed by atoms with Crippen LogP contribution in [0.15, 0.2) is 85.1 Å². The standard InChI is InChI=1S/C33H32ClN3O2/c34-24-9-11-31-32(17-24)35-14-13-33(31)39-21-28(38)20-36-18-27-7-3-2-6-26(36)19-37(27)25-10-12-30-23(16-25)15-22-5-1-4-8-29(22)30/h1-5,8-14,16-17,26-28,38H,6-7,15,18-21H2/b3-2-/t26?,27?,28-/m0/s1. The lowest BCUT2D eigenvalue weighted by molar-refractivity contribution is 0.0408. The van der Waals surface area contributed by atoms with E-state index >= 15 is 0 Å². The topological polar surface area (TPSA) is 48.8 Å². The van der Waals surface area contributed by atoms with Crippen molar-refractivity contribution < 1.29 is 9.84 Å². The normalized spacial score (nSPS) is 21.7. The maximum absolute atomic E-state index is 11.0. The van der Waals surface area contributed by atoms with Crippen LogP contribution >= 0.6 is 11.6 Å². The second kappa shape index (κ2) is 10.3. The highest BCUT2D eigenvalue weighted by molar-refractivity contribution is 6.31. The van der Waals surface area contributed by atoms with Crippen LogP contribution in [0.3, 0.4) is 0 Å². The quantitative estimate of drug-likeness (QED) is 0.265. The van der Waals surface area contributed by atoms with Gasteiger partial charge in [-0.1, -0.05) is 54.1 Å². The van der Waals surface area contributed by atoms with Crippen molar-refractivity contribution in [2.45, 2.75) is 37.5 Å². The van der Waals surface area contributed by atoms with Crippen LogP contribution in [-0.4, -0.2) is 59.4 Å². The third-order valence-electron chi connectivity index (χ3n) is 8.44. The molecule has 39 heavy (non-hydrogen) atoms. The number of anilines is 1. The first-order valence-electron chi connectivity index (χ1n) is 13.8. The summed E-state index contributed by atoms with van der Waals surface area (Å²) >= 11 is 6.12. The van der Waals surface area contributed by atoms with Crippen LogP contribution in [0.5, 0.6) is 5.75 Å². The molecule has 3 aromatic carbocycles. The molecule has 0 saturated carbocycles. The van der Waals surface area contributed by atoms with E-state index in [1.807, 2.05) is 24.3 Å². The van der Waals surface area contributed by atoms with Gasteiger partial charge in [-0.3, -0.25) is 9.88 Å². The zero-order valence-corrected chi connectivity index (χ0v) is 22.6. The summed E-state index contributed by atoms with van der Waals surface area (Å²) in [5.74, 6) is 0.720. The summed E-state index contributed by atoms with van der Waals surface area (Å²) in [5, 5.41) is 12.6. The van der Waals surface area contributed by atoms with Crippen molar-refractivity contribution in [1.29, 1.82) is 0 Å². The van der Waals surface area contributed by atoms with Gasteiger partial charge in [0.15, 0.2) is 0 Å². The van der Waals surface area contributed by atoms with Crippen molar-refractivity contribution in [3.8, 4) is 16.9 Å². The number of hydrogen-bond donors (Lipinski definition) is 1. The van der Waals surface area contributed by atoms with E-state index in [1.165, 1.54) is 27.9 Å². The predicted molar refractivity (Wildman–Crippen MR) is 158 cm³/mol. The van der Waals surface area contributed by atoms with Gasteiger partial charge in [0.1, 0.15) is 18.5 Å². The van der Waals surface area contributed by atoms with Crippen LogP contribution < -0.4 is 9.64 Å². The zero-order chi connectivity index (χ0) is 26.3. The molecule has 2 bridgehead atoms. The Morgan fingerprint density at radius 1 is 0.923 bits per heavy atom. The number of nitrogens with zero attached hydrogens (tertiary/aromatic N) is 3. The molecule has 8 rings (SSSR count). The highest BCUT2D eigenvalue weighted by Gasteiger charge is 2.35. The second-order valence-electron chi connectivity index (χ2n) is 11.0. The number of halogens is 1. The minimum absolute atomic E-state index is 0.237. The molecule has 1 aromatic heterocycles. The Bertz CT molecular complexity index is 1550. The molecule has 198 valence electrons. The SMILES string of the molecule is O[C@H](COc1ccnc2cc(Cl)ccc12)CN1CC2C/C=C\CC1CN2c1ccc2c(c1)Cc1ccccc1-2. The monoisotopic (exact) mass is 537 g/mol. The van der Waals surface area contributed by atoms with Crippen molar-refractivity contribution in [2.75, 3.05) is 31.1 Å². The van der Waals surface area contributed by atoms with Crippen LogP contribution in [0.2, 0.25) is 5.02 Å². The van der Waals surface area contributed by atoms with Crippen molar-refractivity contribution in [1.82, 2.24) is 9.88 Å². The minimum atomic E-state index is -0.586. The summed E-state index contributed by atoms with van der Waals surface area (Å²) < 4.78 is 6.07. The summed E-state index contributed by atoms with van der Waals surface area (Å²) in [5.41, 5.74) is 7.71. The lowest BCUT2D eigenvalue weighted by Crippen LogP contribution is -2.60. The highest BCUT2D eigenvalue weighted by Crippen LogP contribution is 2.39. The van der Waals surface area contributed by atoms with Crippen LogP contribution in [-0.2, 0) is 6.42 Å². The summed E-state index contributed by atoms with van der Waals surface area (Å²) in [7, 11) is 0. The molecular weight excluding hydrogens is 506 g/mol. The molecule has 0 amide bonds. The van der Waals surface area contributed by atoms with Gasteiger partial charge in [0.25, 0.3) is 0 Å². The number of aromatic nitrogens is 1. The molecule has 6 heteroatoms. The summed E-state index contributed by atoms with van der Waals surface area (Å²) in [4.78, 5) is 9.45. The van der Waals surface area contributed by atoms with E-state index < -0.39 is 6.10 Å². The molecule has 1 aliphatic carbocycles. The number of hydrogen-bond acceptors (Lipinski definition) is 5. The molecule has 3 atom stereocenters. The third-order valence-corrected chi connectivity index (χ3v) is 8.68. The Balaban J connectivity index is 1.04. The van der Waals surface area contributed by atoms with Crippen molar-refractivity contribution >= 4 is 28.2 Å². The number of piperazine rings is 1. The Labute approximate surface area is 234 Å². The predicted octanol–water partition coefficient (Wildman–Crippen LogP) is 6.11. The van der Waals surface area contributed by atoms with E-state index in [0.717, 1.165) is 49.0 Å². The first kappa shape index (κ1) is 24.6. The highest BCUT2D eigenvalue weighted by atomic mass is 35.5.